The van der Waals surface area contributed by atoms with Crippen LogP contribution in [0.2, 0.25) is 0 Å². The van der Waals surface area contributed by atoms with Crippen molar-refractivity contribution in [1.29, 1.82) is 0 Å². The van der Waals surface area contributed by atoms with Crippen LogP contribution in [0.5, 0.6) is 5.75 Å². The van der Waals surface area contributed by atoms with E-state index < -0.39 is 0 Å². The first-order valence-electron chi connectivity index (χ1n) is 10.2. The number of phenolic OH excluding ortho intramolecular Hbond substituents is 1. The number of aromatic hydroxyl groups is 1. The molecule has 2 aliphatic rings. The van der Waals surface area contributed by atoms with E-state index in [4.69, 9.17) is 4.98 Å². The van der Waals surface area contributed by atoms with Gasteiger partial charge in [0.15, 0.2) is 0 Å². The summed E-state index contributed by atoms with van der Waals surface area (Å²) >= 11 is 0. The molecule has 1 aliphatic carbocycles. The Morgan fingerprint density at radius 2 is 1.82 bits per heavy atom. The molecular weight excluding hydrogens is 350 g/mol. The van der Waals surface area contributed by atoms with Crippen LogP contribution in [-0.4, -0.2) is 43.9 Å². The Kier molecular flexibility index (Phi) is 4.37. The first-order valence-corrected chi connectivity index (χ1v) is 10.2. The monoisotopic (exact) mass is 377 g/mol. The van der Waals surface area contributed by atoms with E-state index in [9.17, 15) is 10.2 Å². The Morgan fingerprint density at radius 3 is 2.64 bits per heavy atom. The van der Waals surface area contributed by atoms with Gasteiger partial charge < -0.3 is 14.8 Å². The third-order valence-electron chi connectivity index (χ3n) is 6.61. The third-order valence-corrected chi connectivity index (χ3v) is 6.61. The molecule has 0 radical (unpaired) electrons. The highest BCUT2D eigenvalue weighted by Gasteiger charge is 2.42. The SMILES string of the molecule is Cc1nc2ccccc2n1[C@H]1C[C@H]2CN(Cc3cccc(O)c3)C[C@H]2C[C@@H]1O. The highest BCUT2D eigenvalue weighted by atomic mass is 16.3. The van der Waals surface area contributed by atoms with Gasteiger partial charge in [0, 0.05) is 19.6 Å². The molecule has 4 atom stereocenters. The van der Waals surface area contributed by atoms with E-state index in [2.05, 4.69) is 21.6 Å². The smallest absolute Gasteiger partial charge is 0.115 e. The number of aliphatic hydroxyl groups excluding tert-OH is 1. The predicted molar refractivity (Wildman–Crippen MR) is 109 cm³/mol. The van der Waals surface area contributed by atoms with Crippen molar-refractivity contribution in [1.82, 2.24) is 14.5 Å². The minimum Gasteiger partial charge on any atom is -0.508 e. The lowest BCUT2D eigenvalue weighted by Gasteiger charge is -2.36. The summed E-state index contributed by atoms with van der Waals surface area (Å²) < 4.78 is 2.26. The number of hydrogen-bond donors (Lipinski definition) is 2. The van der Waals surface area contributed by atoms with Crippen LogP contribution in [0.1, 0.15) is 30.3 Å². The van der Waals surface area contributed by atoms with Crippen LogP contribution in [0, 0.1) is 18.8 Å². The van der Waals surface area contributed by atoms with E-state index in [1.165, 1.54) is 0 Å². The molecule has 2 fully saturated rings. The van der Waals surface area contributed by atoms with Crippen LogP contribution < -0.4 is 0 Å². The van der Waals surface area contributed by atoms with Gasteiger partial charge in [-0.25, -0.2) is 4.98 Å². The van der Waals surface area contributed by atoms with Crippen LogP contribution in [0.3, 0.4) is 0 Å². The molecule has 28 heavy (non-hydrogen) atoms. The average Bonchev–Trinajstić information content (AvgIpc) is 3.19. The Hall–Kier alpha value is -2.37. The van der Waals surface area contributed by atoms with Crippen molar-refractivity contribution in [3.05, 3.63) is 59.9 Å². The van der Waals surface area contributed by atoms with Crippen molar-refractivity contribution in [2.75, 3.05) is 13.1 Å². The molecule has 2 N–H and O–H groups in total. The fourth-order valence-electron chi connectivity index (χ4n) is 5.41. The molecule has 0 unspecified atom stereocenters. The van der Waals surface area contributed by atoms with Gasteiger partial charge in [0.05, 0.1) is 23.2 Å². The molecule has 0 amide bonds. The Bertz CT molecular complexity index is 998. The first-order chi connectivity index (χ1) is 13.6. The molecule has 1 aromatic heterocycles. The van der Waals surface area contributed by atoms with Gasteiger partial charge in [-0.15, -0.1) is 0 Å². The number of para-hydroxylation sites is 2. The summed E-state index contributed by atoms with van der Waals surface area (Å²) in [6, 6.07) is 15.8. The summed E-state index contributed by atoms with van der Waals surface area (Å²) in [6.07, 6.45) is 1.50. The minimum absolute atomic E-state index is 0.0920. The normalized spacial score (nSPS) is 27.9. The first kappa shape index (κ1) is 17.7. The highest BCUT2D eigenvalue weighted by Crippen LogP contribution is 2.43. The lowest BCUT2D eigenvalue weighted by Crippen LogP contribution is -2.36. The molecule has 0 bridgehead atoms. The van der Waals surface area contributed by atoms with Gasteiger partial charge in [-0.05, 0) is 61.4 Å². The Morgan fingerprint density at radius 1 is 1.04 bits per heavy atom. The number of likely N-dealkylation sites (tertiary alicyclic amines) is 1. The molecule has 2 aromatic carbocycles. The fourth-order valence-corrected chi connectivity index (χ4v) is 5.41. The standard InChI is InChI=1S/C23H27N3O2/c1-15-24-20-7-2-3-8-21(20)26(15)22-10-17-13-25(14-18(17)11-23(22)28)12-16-5-4-6-19(27)9-16/h2-9,17-18,22-23,27-28H,10-14H2,1H3/t17-,18+,22-,23-/m0/s1. The molecule has 1 saturated heterocycles. The molecule has 5 heteroatoms. The van der Waals surface area contributed by atoms with Gasteiger partial charge in [-0.2, -0.15) is 0 Å². The second kappa shape index (κ2) is 6.90. The van der Waals surface area contributed by atoms with Gasteiger partial charge in [0.25, 0.3) is 0 Å². The van der Waals surface area contributed by atoms with Crippen molar-refractivity contribution < 1.29 is 10.2 Å². The van der Waals surface area contributed by atoms with E-state index in [1.54, 1.807) is 6.07 Å². The van der Waals surface area contributed by atoms with Crippen LogP contribution in [0.15, 0.2) is 48.5 Å². The fraction of sp³-hybridized carbons (Fsp3) is 0.435. The van der Waals surface area contributed by atoms with Gasteiger partial charge in [0.2, 0.25) is 0 Å². The molecule has 2 heterocycles. The molecule has 1 aliphatic heterocycles. The molecule has 5 nitrogen and oxygen atoms in total. The second-order valence-corrected chi connectivity index (χ2v) is 8.51. The third kappa shape index (κ3) is 3.09. The summed E-state index contributed by atoms with van der Waals surface area (Å²) in [6.45, 7) is 4.97. The van der Waals surface area contributed by atoms with Crippen LogP contribution in [0.25, 0.3) is 11.0 Å². The Balaban J connectivity index is 1.36. The lowest BCUT2D eigenvalue weighted by atomic mass is 9.77. The lowest BCUT2D eigenvalue weighted by molar-refractivity contribution is 0.0366. The maximum atomic E-state index is 11.0. The maximum Gasteiger partial charge on any atom is 0.115 e. The predicted octanol–water partition coefficient (Wildman–Crippen LogP) is 3.49. The highest BCUT2D eigenvalue weighted by molar-refractivity contribution is 5.76. The largest absolute Gasteiger partial charge is 0.508 e. The van der Waals surface area contributed by atoms with Crippen molar-refractivity contribution in [2.24, 2.45) is 11.8 Å². The van der Waals surface area contributed by atoms with Gasteiger partial charge in [-0.3, -0.25) is 4.90 Å². The summed E-state index contributed by atoms with van der Waals surface area (Å²) in [5.74, 6) is 2.44. The number of fused-ring (bicyclic) bond motifs is 2. The summed E-state index contributed by atoms with van der Waals surface area (Å²) in [7, 11) is 0. The molecule has 146 valence electrons. The van der Waals surface area contributed by atoms with Gasteiger partial charge >= 0.3 is 0 Å². The average molecular weight is 377 g/mol. The zero-order valence-corrected chi connectivity index (χ0v) is 16.2. The van der Waals surface area contributed by atoms with Crippen LogP contribution in [-0.2, 0) is 6.54 Å². The van der Waals surface area contributed by atoms with E-state index in [0.717, 1.165) is 54.9 Å². The molecule has 5 rings (SSSR count). The number of imidazole rings is 1. The van der Waals surface area contributed by atoms with Gasteiger partial charge in [0.1, 0.15) is 11.6 Å². The van der Waals surface area contributed by atoms with E-state index >= 15 is 0 Å². The number of aromatic nitrogens is 2. The van der Waals surface area contributed by atoms with E-state index in [1.807, 2.05) is 37.3 Å². The van der Waals surface area contributed by atoms with Crippen LogP contribution >= 0.6 is 0 Å². The summed E-state index contributed by atoms with van der Waals surface area (Å²) in [5.41, 5.74) is 3.27. The molecule has 1 saturated carbocycles. The Labute approximate surface area is 165 Å². The minimum atomic E-state index is -0.335. The quantitative estimate of drug-likeness (QED) is 0.733. The maximum absolute atomic E-state index is 11.0. The number of aliphatic hydroxyl groups is 1. The zero-order chi connectivity index (χ0) is 19.3. The van der Waals surface area contributed by atoms with Crippen molar-refractivity contribution >= 4 is 11.0 Å². The number of nitrogens with zero attached hydrogens (tertiary/aromatic N) is 3. The molecule has 0 spiro atoms. The number of benzene rings is 2. The number of phenols is 1. The number of hydrogen-bond acceptors (Lipinski definition) is 4. The van der Waals surface area contributed by atoms with Gasteiger partial charge in [-0.1, -0.05) is 24.3 Å². The zero-order valence-electron chi connectivity index (χ0n) is 16.2. The topological polar surface area (TPSA) is 61.5 Å². The van der Waals surface area contributed by atoms with E-state index in [0.29, 0.717) is 17.6 Å². The van der Waals surface area contributed by atoms with Crippen molar-refractivity contribution in [3.63, 3.8) is 0 Å². The second-order valence-electron chi connectivity index (χ2n) is 8.51. The summed E-state index contributed by atoms with van der Waals surface area (Å²) in [5, 5.41) is 20.7. The number of rotatable bonds is 3. The van der Waals surface area contributed by atoms with Crippen molar-refractivity contribution in [3.8, 4) is 5.75 Å². The van der Waals surface area contributed by atoms with Crippen molar-refractivity contribution in [2.45, 2.75) is 38.5 Å². The summed E-state index contributed by atoms with van der Waals surface area (Å²) in [4.78, 5) is 7.18. The molecular formula is C23H27N3O2. The van der Waals surface area contributed by atoms with E-state index in [-0.39, 0.29) is 12.1 Å². The number of aryl methyl sites for hydroxylation is 1. The molecule has 3 aromatic rings. The van der Waals surface area contributed by atoms with Crippen LogP contribution in [0.4, 0.5) is 0 Å².